The summed E-state index contributed by atoms with van der Waals surface area (Å²) in [5.41, 5.74) is 0.592. The fourth-order valence-corrected chi connectivity index (χ4v) is 4.08. The molecule has 2 aromatic carbocycles. The minimum absolute atomic E-state index is 0.0812. The highest BCUT2D eigenvalue weighted by molar-refractivity contribution is 7.89. The summed E-state index contributed by atoms with van der Waals surface area (Å²) in [6, 6.07) is 8.16. The summed E-state index contributed by atoms with van der Waals surface area (Å²) in [5.74, 6) is -1.58. The lowest BCUT2D eigenvalue weighted by atomic mass is 10.3. The zero-order valence-corrected chi connectivity index (χ0v) is 14.6. The van der Waals surface area contributed by atoms with E-state index in [0.29, 0.717) is 17.5 Å². The predicted octanol–water partition coefficient (Wildman–Crippen LogP) is 2.06. The van der Waals surface area contributed by atoms with E-state index in [4.69, 9.17) is 4.74 Å². The molecule has 0 bridgehead atoms. The maximum atomic E-state index is 13.8. The Bertz CT molecular complexity index is 932. The highest BCUT2D eigenvalue weighted by Gasteiger charge is 2.34. The summed E-state index contributed by atoms with van der Waals surface area (Å²) in [6.07, 6.45) is -0.0812. The molecule has 1 aliphatic rings. The minimum atomic E-state index is -4.30. The van der Waals surface area contributed by atoms with Crippen molar-refractivity contribution in [3.05, 3.63) is 54.1 Å². The third-order valence-corrected chi connectivity index (χ3v) is 5.55. The SMILES string of the molecule is COc1ccc(N2CC(NS(=O)(=O)c3cc(F)ccc3F)CC2=O)cc1. The van der Waals surface area contributed by atoms with Crippen molar-refractivity contribution >= 4 is 21.6 Å². The molecule has 2 aromatic rings. The van der Waals surface area contributed by atoms with Gasteiger partial charge in [-0.15, -0.1) is 0 Å². The molecule has 0 aromatic heterocycles. The van der Waals surface area contributed by atoms with Gasteiger partial charge in [0.25, 0.3) is 0 Å². The lowest BCUT2D eigenvalue weighted by Gasteiger charge is -2.17. The smallest absolute Gasteiger partial charge is 0.243 e. The van der Waals surface area contributed by atoms with Crippen LogP contribution in [0.3, 0.4) is 0 Å². The van der Waals surface area contributed by atoms with Crippen molar-refractivity contribution in [3.8, 4) is 5.75 Å². The molecular formula is C17H16F2N2O4S. The van der Waals surface area contributed by atoms with Gasteiger partial charge in [-0.05, 0) is 42.5 Å². The molecule has 9 heteroatoms. The summed E-state index contributed by atoms with van der Waals surface area (Å²) >= 11 is 0. The number of amides is 1. The van der Waals surface area contributed by atoms with Crippen LogP contribution in [0.5, 0.6) is 5.75 Å². The zero-order valence-electron chi connectivity index (χ0n) is 13.8. The Morgan fingerprint density at radius 1 is 1.15 bits per heavy atom. The topological polar surface area (TPSA) is 75.7 Å². The monoisotopic (exact) mass is 382 g/mol. The molecule has 138 valence electrons. The second-order valence-electron chi connectivity index (χ2n) is 5.80. The Kier molecular flexibility index (Phi) is 4.92. The Labute approximate surface area is 149 Å². The van der Waals surface area contributed by atoms with Gasteiger partial charge in [0.2, 0.25) is 15.9 Å². The number of anilines is 1. The normalized spacial score (nSPS) is 17.6. The van der Waals surface area contributed by atoms with Crippen molar-refractivity contribution in [2.45, 2.75) is 17.4 Å². The number of hydrogen-bond acceptors (Lipinski definition) is 4. The number of ether oxygens (including phenoxy) is 1. The first-order valence-electron chi connectivity index (χ1n) is 7.72. The van der Waals surface area contributed by atoms with E-state index in [9.17, 15) is 22.0 Å². The number of carbonyl (C=O) groups is 1. The second-order valence-corrected chi connectivity index (χ2v) is 7.48. The zero-order chi connectivity index (χ0) is 18.9. The van der Waals surface area contributed by atoms with Gasteiger partial charge in [0.15, 0.2) is 0 Å². The van der Waals surface area contributed by atoms with Crippen molar-refractivity contribution in [2.75, 3.05) is 18.6 Å². The van der Waals surface area contributed by atoms with Crippen LogP contribution in [-0.4, -0.2) is 34.0 Å². The van der Waals surface area contributed by atoms with E-state index in [1.807, 2.05) is 0 Å². The van der Waals surface area contributed by atoms with Gasteiger partial charge in [0.1, 0.15) is 22.3 Å². The molecule has 1 saturated heterocycles. The maximum Gasteiger partial charge on any atom is 0.243 e. The lowest BCUT2D eigenvalue weighted by Crippen LogP contribution is -2.37. The van der Waals surface area contributed by atoms with E-state index in [1.165, 1.54) is 12.0 Å². The molecule has 1 heterocycles. The molecule has 6 nitrogen and oxygen atoms in total. The van der Waals surface area contributed by atoms with Crippen molar-refractivity contribution in [1.82, 2.24) is 4.72 Å². The Morgan fingerprint density at radius 3 is 2.50 bits per heavy atom. The summed E-state index contributed by atoms with van der Waals surface area (Å²) in [4.78, 5) is 12.8. The van der Waals surface area contributed by atoms with Crippen LogP contribution >= 0.6 is 0 Å². The molecule has 3 rings (SSSR count). The van der Waals surface area contributed by atoms with Crippen LogP contribution in [0.2, 0.25) is 0 Å². The number of benzene rings is 2. The highest BCUT2D eigenvalue weighted by Crippen LogP contribution is 2.25. The summed E-state index contributed by atoms with van der Waals surface area (Å²) in [5, 5.41) is 0. The van der Waals surface area contributed by atoms with E-state index in [0.717, 1.165) is 12.1 Å². The van der Waals surface area contributed by atoms with Gasteiger partial charge in [-0.3, -0.25) is 4.79 Å². The second kappa shape index (κ2) is 7.00. The van der Waals surface area contributed by atoms with Crippen molar-refractivity contribution in [1.29, 1.82) is 0 Å². The van der Waals surface area contributed by atoms with Gasteiger partial charge in [-0.2, -0.15) is 0 Å². The average Bonchev–Trinajstić information content (AvgIpc) is 2.96. The molecule has 1 N–H and O–H groups in total. The third kappa shape index (κ3) is 3.68. The predicted molar refractivity (Wildman–Crippen MR) is 90.4 cm³/mol. The Hall–Kier alpha value is -2.52. The van der Waals surface area contributed by atoms with Crippen molar-refractivity contribution < 1.29 is 26.7 Å². The summed E-state index contributed by atoms with van der Waals surface area (Å²) in [6.45, 7) is 0.0846. The molecule has 0 saturated carbocycles. The summed E-state index contributed by atoms with van der Waals surface area (Å²) in [7, 11) is -2.78. The number of nitrogens with one attached hydrogen (secondary N) is 1. The molecule has 26 heavy (non-hydrogen) atoms. The van der Waals surface area contributed by atoms with E-state index < -0.39 is 32.6 Å². The molecule has 1 amide bonds. The van der Waals surface area contributed by atoms with Crippen LogP contribution in [0.15, 0.2) is 47.4 Å². The van der Waals surface area contributed by atoms with E-state index in [-0.39, 0.29) is 18.9 Å². The number of methoxy groups -OCH3 is 1. The van der Waals surface area contributed by atoms with Gasteiger partial charge in [0.05, 0.1) is 7.11 Å². The van der Waals surface area contributed by atoms with Crippen molar-refractivity contribution in [3.63, 3.8) is 0 Å². The maximum absolute atomic E-state index is 13.8. The average molecular weight is 382 g/mol. The van der Waals surface area contributed by atoms with E-state index in [1.54, 1.807) is 24.3 Å². The first-order valence-corrected chi connectivity index (χ1v) is 9.20. The summed E-state index contributed by atoms with van der Waals surface area (Å²) < 4.78 is 59.0. The molecule has 0 radical (unpaired) electrons. The van der Waals surface area contributed by atoms with Crippen LogP contribution < -0.4 is 14.4 Å². The van der Waals surface area contributed by atoms with Gasteiger partial charge in [-0.1, -0.05) is 0 Å². The molecule has 0 spiro atoms. The molecule has 0 aliphatic carbocycles. The quantitative estimate of drug-likeness (QED) is 0.859. The highest BCUT2D eigenvalue weighted by atomic mass is 32.2. The number of hydrogen-bond donors (Lipinski definition) is 1. The van der Waals surface area contributed by atoms with E-state index in [2.05, 4.69) is 4.72 Å². The first-order chi connectivity index (χ1) is 12.3. The molecule has 1 aliphatic heterocycles. The lowest BCUT2D eigenvalue weighted by molar-refractivity contribution is -0.117. The largest absolute Gasteiger partial charge is 0.497 e. The number of sulfonamides is 1. The number of halogens is 2. The standard InChI is InChI=1S/C17H16F2N2O4S/c1-25-14-5-3-13(4-6-14)21-10-12(9-17(21)22)20-26(23,24)16-8-11(18)2-7-15(16)19/h2-8,12,20H,9-10H2,1H3. The molecule has 1 fully saturated rings. The third-order valence-electron chi connectivity index (χ3n) is 4.01. The van der Waals surface area contributed by atoms with Crippen molar-refractivity contribution in [2.24, 2.45) is 0 Å². The molecule has 1 unspecified atom stereocenters. The van der Waals surface area contributed by atoms with Crippen LogP contribution in [0.4, 0.5) is 14.5 Å². The molecular weight excluding hydrogens is 366 g/mol. The fourth-order valence-electron chi connectivity index (χ4n) is 2.76. The first kappa shape index (κ1) is 18.3. The van der Waals surface area contributed by atoms with E-state index >= 15 is 0 Å². The van der Waals surface area contributed by atoms with Gasteiger partial charge >= 0.3 is 0 Å². The van der Waals surface area contributed by atoms with Crippen LogP contribution in [0, 0.1) is 11.6 Å². The Morgan fingerprint density at radius 2 is 1.85 bits per heavy atom. The minimum Gasteiger partial charge on any atom is -0.497 e. The number of nitrogens with zero attached hydrogens (tertiary/aromatic N) is 1. The van der Waals surface area contributed by atoms with Gasteiger partial charge < -0.3 is 9.64 Å². The van der Waals surface area contributed by atoms with Gasteiger partial charge in [-0.25, -0.2) is 21.9 Å². The molecule has 1 atom stereocenters. The van der Waals surface area contributed by atoms with Crippen LogP contribution in [0.1, 0.15) is 6.42 Å². The number of rotatable bonds is 5. The van der Waals surface area contributed by atoms with Crippen LogP contribution in [-0.2, 0) is 14.8 Å². The van der Waals surface area contributed by atoms with Crippen LogP contribution in [0.25, 0.3) is 0 Å². The fraction of sp³-hybridized carbons (Fsp3) is 0.235. The number of carbonyl (C=O) groups excluding carboxylic acids is 1. The van der Waals surface area contributed by atoms with Gasteiger partial charge in [0, 0.05) is 24.7 Å². The Balaban J connectivity index is 1.77.